The van der Waals surface area contributed by atoms with Crippen LogP contribution in [0.1, 0.15) is 32.9 Å². The van der Waals surface area contributed by atoms with Crippen LogP contribution in [0.2, 0.25) is 0 Å². The standard InChI is InChI=1S/C14H26N2O/c1-4-16-9-5-6-14(16)12-15-8-11-17-10-7-13(2)3/h5-6,9,13,15H,4,7-8,10-12H2,1-3H3. The maximum absolute atomic E-state index is 5.55. The van der Waals surface area contributed by atoms with E-state index in [0.717, 1.165) is 45.2 Å². The van der Waals surface area contributed by atoms with Gasteiger partial charge in [-0.2, -0.15) is 0 Å². The molecule has 0 spiro atoms. The molecule has 0 saturated heterocycles. The molecule has 0 aromatic carbocycles. The van der Waals surface area contributed by atoms with Crippen LogP contribution in [0.15, 0.2) is 18.3 Å². The molecule has 98 valence electrons. The van der Waals surface area contributed by atoms with Crippen molar-refractivity contribution in [3.05, 3.63) is 24.0 Å². The van der Waals surface area contributed by atoms with Gasteiger partial charge in [0.2, 0.25) is 0 Å². The molecule has 3 nitrogen and oxygen atoms in total. The van der Waals surface area contributed by atoms with Crippen LogP contribution in [0.5, 0.6) is 0 Å². The monoisotopic (exact) mass is 238 g/mol. The van der Waals surface area contributed by atoms with Gasteiger partial charge in [0.05, 0.1) is 6.61 Å². The fourth-order valence-electron chi connectivity index (χ4n) is 1.70. The highest BCUT2D eigenvalue weighted by molar-refractivity contribution is 5.06. The summed E-state index contributed by atoms with van der Waals surface area (Å²) < 4.78 is 7.81. The van der Waals surface area contributed by atoms with Crippen LogP contribution in [-0.4, -0.2) is 24.3 Å². The summed E-state index contributed by atoms with van der Waals surface area (Å²) >= 11 is 0. The number of nitrogens with zero attached hydrogens (tertiary/aromatic N) is 1. The molecular formula is C14H26N2O. The number of aryl methyl sites for hydroxylation is 1. The Hall–Kier alpha value is -0.800. The molecule has 1 aromatic heterocycles. The summed E-state index contributed by atoms with van der Waals surface area (Å²) in [5, 5.41) is 3.40. The van der Waals surface area contributed by atoms with Crippen molar-refractivity contribution < 1.29 is 4.74 Å². The molecular weight excluding hydrogens is 212 g/mol. The van der Waals surface area contributed by atoms with Gasteiger partial charge >= 0.3 is 0 Å². The Labute approximate surface area is 105 Å². The number of aromatic nitrogens is 1. The number of ether oxygens (including phenoxy) is 1. The molecule has 0 aliphatic heterocycles. The molecule has 3 heteroatoms. The Morgan fingerprint density at radius 1 is 1.35 bits per heavy atom. The Kier molecular flexibility index (Phi) is 6.97. The molecule has 1 heterocycles. The van der Waals surface area contributed by atoms with Gasteiger partial charge in [-0.3, -0.25) is 0 Å². The van der Waals surface area contributed by atoms with E-state index in [1.54, 1.807) is 0 Å². The zero-order chi connectivity index (χ0) is 12.5. The fourth-order valence-corrected chi connectivity index (χ4v) is 1.70. The van der Waals surface area contributed by atoms with Crippen LogP contribution in [-0.2, 0) is 17.8 Å². The van der Waals surface area contributed by atoms with Gasteiger partial charge in [-0.1, -0.05) is 13.8 Å². The highest BCUT2D eigenvalue weighted by Gasteiger charge is 1.98. The molecule has 0 aliphatic carbocycles. The molecule has 0 bridgehead atoms. The minimum atomic E-state index is 0.732. The average molecular weight is 238 g/mol. The normalized spacial score (nSPS) is 11.3. The third kappa shape index (κ3) is 5.89. The quantitative estimate of drug-likeness (QED) is 0.669. The van der Waals surface area contributed by atoms with Gasteiger partial charge in [0.25, 0.3) is 0 Å². The summed E-state index contributed by atoms with van der Waals surface area (Å²) in [5.41, 5.74) is 1.34. The third-order valence-electron chi connectivity index (χ3n) is 2.83. The molecule has 0 unspecified atom stereocenters. The summed E-state index contributed by atoms with van der Waals surface area (Å²) in [5.74, 6) is 0.732. The third-order valence-corrected chi connectivity index (χ3v) is 2.83. The minimum absolute atomic E-state index is 0.732. The number of nitrogens with one attached hydrogen (secondary N) is 1. The second-order valence-corrected chi connectivity index (χ2v) is 4.76. The first-order valence-corrected chi connectivity index (χ1v) is 6.66. The summed E-state index contributed by atoms with van der Waals surface area (Å²) in [6.07, 6.45) is 3.27. The van der Waals surface area contributed by atoms with Gasteiger partial charge in [0.1, 0.15) is 0 Å². The minimum Gasteiger partial charge on any atom is -0.380 e. The first kappa shape index (κ1) is 14.3. The smallest absolute Gasteiger partial charge is 0.0591 e. The highest BCUT2D eigenvalue weighted by Crippen LogP contribution is 2.01. The van der Waals surface area contributed by atoms with Crippen molar-refractivity contribution in [3.8, 4) is 0 Å². The number of rotatable bonds is 9. The summed E-state index contributed by atoms with van der Waals surface area (Å²) in [6.45, 7) is 11.2. The molecule has 0 atom stereocenters. The zero-order valence-electron chi connectivity index (χ0n) is 11.4. The van der Waals surface area contributed by atoms with Gasteiger partial charge in [-0.15, -0.1) is 0 Å². The van der Waals surface area contributed by atoms with E-state index in [0.29, 0.717) is 0 Å². The maximum Gasteiger partial charge on any atom is 0.0591 e. The van der Waals surface area contributed by atoms with Gasteiger partial charge < -0.3 is 14.6 Å². The largest absolute Gasteiger partial charge is 0.380 e. The zero-order valence-corrected chi connectivity index (χ0v) is 11.4. The van der Waals surface area contributed by atoms with E-state index in [1.807, 2.05) is 0 Å². The van der Waals surface area contributed by atoms with Gasteiger partial charge in [-0.05, 0) is 31.4 Å². The molecule has 17 heavy (non-hydrogen) atoms. The van der Waals surface area contributed by atoms with Crippen LogP contribution in [0.3, 0.4) is 0 Å². The lowest BCUT2D eigenvalue weighted by Gasteiger charge is -2.09. The van der Waals surface area contributed by atoms with E-state index in [2.05, 4.69) is 49.0 Å². The van der Waals surface area contributed by atoms with E-state index in [4.69, 9.17) is 4.74 Å². The fraction of sp³-hybridized carbons (Fsp3) is 0.714. The predicted octanol–water partition coefficient (Wildman–Crippen LogP) is 2.66. The Balaban J connectivity index is 2.01. The van der Waals surface area contributed by atoms with Gasteiger partial charge in [-0.25, -0.2) is 0 Å². The molecule has 0 fully saturated rings. The van der Waals surface area contributed by atoms with Crippen molar-refractivity contribution in [3.63, 3.8) is 0 Å². The lowest BCUT2D eigenvalue weighted by molar-refractivity contribution is 0.125. The second-order valence-electron chi connectivity index (χ2n) is 4.76. The predicted molar refractivity (Wildman–Crippen MR) is 72.1 cm³/mol. The maximum atomic E-state index is 5.55. The number of hydrogen-bond donors (Lipinski definition) is 1. The molecule has 1 N–H and O–H groups in total. The molecule has 0 amide bonds. The number of hydrogen-bond acceptors (Lipinski definition) is 2. The van der Waals surface area contributed by atoms with Gasteiger partial charge in [0.15, 0.2) is 0 Å². The molecule has 0 aliphatic rings. The lowest BCUT2D eigenvalue weighted by atomic mass is 10.1. The lowest BCUT2D eigenvalue weighted by Crippen LogP contribution is -2.21. The van der Waals surface area contributed by atoms with Crippen molar-refractivity contribution in [2.75, 3.05) is 19.8 Å². The highest BCUT2D eigenvalue weighted by atomic mass is 16.5. The molecule has 1 rings (SSSR count). The SMILES string of the molecule is CCn1cccc1CNCCOCCC(C)C. The summed E-state index contributed by atoms with van der Waals surface area (Å²) in [7, 11) is 0. The topological polar surface area (TPSA) is 26.2 Å². The van der Waals surface area contributed by atoms with E-state index < -0.39 is 0 Å². The van der Waals surface area contributed by atoms with Crippen molar-refractivity contribution in [2.45, 2.75) is 40.3 Å². The van der Waals surface area contributed by atoms with Crippen LogP contribution in [0.25, 0.3) is 0 Å². The molecule has 0 radical (unpaired) electrons. The van der Waals surface area contributed by atoms with Crippen LogP contribution in [0.4, 0.5) is 0 Å². The Morgan fingerprint density at radius 2 is 2.18 bits per heavy atom. The van der Waals surface area contributed by atoms with E-state index >= 15 is 0 Å². The van der Waals surface area contributed by atoms with E-state index in [-0.39, 0.29) is 0 Å². The summed E-state index contributed by atoms with van der Waals surface area (Å²) in [6, 6.07) is 4.26. The van der Waals surface area contributed by atoms with Crippen molar-refractivity contribution >= 4 is 0 Å². The van der Waals surface area contributed by atoms with Crippen molar-refractivity contribution in [1.82, 2.24) is 9.88 Å². The summed E-state index contributed by atoms with van der Waals surface area (Å²) in [4.78, 5) is 0. The second kappa shape index (κ2) is 8.31. The Bertz CT molecular complexity index is 294. The first-order chi connectivity index (χ1) is 8.24. The van der Waals surface area contributed by atoms with E-state index in [9.17, 15) is 0 Å². The molecule has 0 saturated carbocycles. The van der Waals surface area contributed by atoms with Crippen molar-refractivity contribution in [1.29, 1.82) is 0 Å². The van der Waals surface area contributed by atoms with Crippen molar-refractivity contribution in [2.24, 2.45) is 5.92 Å². The van der Waals surface area contributed by atoms with Crippen LogP contribution in [0, 0.1) is 5.92 Å². The van der Waals surface area contributed by atoms with Gasteiger partial charge in [0, 0.05) is 38.1 Å². The van der Waals surface area contributed by atoms with E-state index in [1.165, 1.54) is 5.69 Å². The van der Waals surface area contributed by atoms with Crippen LogP contribution < -0.4 is 5.32 Å². The van der Waals surface area contributed by atoms with Crippen LogP contribution >= 0.6 is 0 Å². The Morgan fingerprint density at radius 3 is 2.88 bits per heavy atom. The first-order valence-electron chi connectivity index (χ1n) is 6.66. The molecule has 1 aromatic rings. The average Bonchev–Trinajstić information content (AvgIpc) is 2.74.